The fourth-order valence-electron chi connectivity index (χ4n) is 3.34. The summed E-state index contributed by atoms with van der Waals surface area (Å²) >= 11 is 0. The van der Waals surface area contributed by atoms with E-state index in [0.29, 0.717) is 17.1 Å². The second-order valence-electron chi connectivity index (χ2n) is 7.58. The maximum Gasteiger partial charge on any atom is 0.243 e. The van der Waals surface area contributed by atoms with Gasteiger partial charge in [0.2, 0.25) is 21.8 Å². The van der Waals surface area contributed by atoms with Crippen molar-refractivity contribution < 1.29 is 27.5 Å². The largest absolute Gasteiger partial charge is 0.493 e. The third-order valence-electron chi connectivity index (χ3n) is 5.00. The highest BCUT2D eigenvalue weighted by Gasteiger charge is 2.28. The van der Waals surface area contributed by atoms with Crippen LogP contribution in [0.1, 0.15) is 12.5 Å². The molecule has 3 aromatic rings. The van der Waals surface area contributed by atoms with Crippen molar-refractivity contribution >= 4 is 33.2 Å². The molecule has 0 bridgehead atoms. The van der Waals surface area contributed by atoms with Gasteiger partial charge in [0.1, 0.15) is 0 Å². The van der Waals surface area contributed by atoms with Crippen LogP contribution in [0.15, 0.2) is 77.7 Å². The van der Waals surface area contributed by atoms with E-state index in [2.05, 4.69) is 10.6 Å². The molecule has 3 aromatic carbocycles. The summed E-state index contributed by atoms with van der Waals surface area (Å²) in [5.74, 6) is -0.0746. The molecule has 0 aliphatic heterocycles. The molecule has 0 radical (unpaired) electrons. The topological polar surface area (TPSA) is 114 Å². The summed E-state index contributed by atoms with van der Waals surface area (Å²) < 4.78 is 38.7. The molecule has 2 amide bonds. The zero-order chi connectivity index (χ0) is 25.4. The van der Waals surface area contributed by atoms with Gasteiger partial charge in [-0.2, -0.15) is 4.31 Å². The first kappa shape index (κ1) is 25.7. The lowest BCUT2D eigenvalue weighted by Crippen LogP contribution is -2.37. The van der Waals surface area contributed by atoms with Crippen LogP contribution in [0, 0.1) is 0 Å². The van der Waals surface area contributed by atoms with Crippen molar-refractivity contribution in [3.63, 3.8) is 0 Å². The van der Waals surface area contributed by atoms with E-state index >= 15 is 0 Å². The van der Waals surface area contributed by atoms with Crippen LogP contribution >= 0.6 is 0 Å². The molecule has 35 heavy (non-hydrogen) atoms. The summed E-state index contributed by atoms with van der Waals surface area (Å²) in [6, 6.07) is 19.8. The first-order valence-corrected chi connectivity index (χ1v) is 12.1. The van der Waals surface area contributed by atoms with E-state index in [0.717, 1.165) is 9.87 Å². The van der Waals surface area contributed by atoms with E-state index in [4.69, 9.17) is 9.47 Å². The summed E-state index contributed by atoms with van der Waals surface area (Å²) in [5, 5.41) is 5.34. The fourth-order valence-corrected chi connectivity index (χ4v) is 4.74. The van der Waals surface area contributed by atoms with Crippen LogP contribution in [0.2, 0.25) is 0 Å². The molecule has 0 fully saturated rings. The molecule has 2 N–H and O–H groups in total. The van der Waals surface area contributed by atoms with Gasteiger partial charge in [0.25, 0.3) is 0 Å². The number of sulfonamides is 1. The number of carbonyl (C=O) groups excluding carboxylic acids is 2. The van der Waals surface area contributed by atoms with Crippen LogP contribution in [0.4, 0.5) is 11.4 Å². The Kier molecular flexibility index (Phi) is 8.45. The van der Waals surface area contributed by atoms with Gasteiger partial charge in [-0.15, -0.1) is 0 Å². The molecular weight excluding hydrogens is 470 g/mol. The van der Waals surface area contributed by atoms with Crippen molar-refractivity contribution in [2.75, 3.05) is 31.4 Å². The number of hydrogen-bond acceptors (Lipinski definition) is 6. The number of nitrogens with zero attached hydrogens (tertiary/aromatic N) is 1. The quantitative estimate of drug-likeness (QED) is 0.443. The van der Waals surface area contributed by atoms with Gasteiger partial charge in [-0.3, -0.25) is 9.59 Å². The number of hydrogen-bond donors (Lipinski definition) is 2. The molecule has 184 valence electrons. The molecule has 0 atom stereocenters. The lowest BCUT2D eigenvalue weighted by Gasteiger charge is -2.22. The summed E-state index contributed by atoms with van der Waals surface area (Å²) in [5.41, 5.74) is 1.77. The minimum absolute atomic E-state index is 0.00753. The average molecular weight is 498 g/mol. The summed E-state index contributed by atoms with van der Waals surface area (Å²) in [6.07, 6.45) is 0. The van der Waals surface area contributed by atoms with E-state index in [1.54, 1.807) is 48.5 Å². The lowest BCUT2D eigenvalue weighted by molar-refractivity contribution is -0.116. The highest BCUT2D eigenvalue weighted by molar-refractivity contribution is 7.89. The summed E-state index contributed by atoms with van der Waals surface area (Å²) in [6.45, 7) is 0.973. The molecule has 3 rings (SSSR count). The number of methoxy groups -OCH3 is 2. The zero-order valence-electron chi connectivity index (χ0n) is 19.6. The Morgan fingerprint density at radius 1 is 0.829 bits per heavy atom. The third kappa shape index (κ3) is 6.81. The highest BCUT2D eigenvalue weighted by atomic mass is 32.2. The van der Waals surface area contributed by atoms with Crippen molar-refractivity contribution in [2.24, 2.45) is 0 Å². The molecule has 0 spiro atoms. The molecule has 0 heterocycles. The van der Waals surface area contributed by atoms with Gasteiger partial charge < -0.3 is 20.1 Å². The Hall–Kier alpha value is -3.89. The van der Waals surface area contributed by atoms with Crippen LogP contribution in [0.3, 0.4) is 0 Å². The number of amides is 2. The molecule has 0 unspecified atom stereocenters. The predicted molar refractivity (Wildman–Crippen MR) is 133 cm³/mol. The van der Waals surface area contributed by atoms with Gasteiger partial charge in [0.05, 0.1) is 25.7 Å². The highest BCUT2D eigenvalue weighted by Crippen LogP contribution is 2.31. The molecule has 0 saturated carbocycles. The smallest absolute Gasteiger partial charge is 0.243 e. The maximum atomic E-state index is 13.5. The molecule has 9 nitrogen and oxygen atoms in total. The van der Waals surface area contributed by atoms with Crippen LogP contribution < -0.4 is 20.1 Å². The number of rotatable bonds is 10. The second kappa shape index (κ2) is 11.5. The Balaban J connectivity index is 1.85. The van der Waals surface area contributed by atoms with Gasteiger partial charge in [0, 0.05) is 30.9 Å². The first-order valence-electron chi connectivity index (χ1n) is 10.7. The fraction of sp³-hybridized carbons (Fsp3) is 0.200. The normalized spacial score (nSPS) is 11.1. The number of benzene rings is 3. The average Bonchev–Trinajstić information content (AvgIpc) is 2.84. The van der Waals surface area contributed by atoms with Gasteiger partial charge in [-0.05, 0) is 42.0 Å². The van der Waals surface area contributed by atoms with E-state index in [1.165, 1.54) is 39.3 Å². The van der Waals surface area contributed by atoms with Crippen molar-refractivity contribution in [2.45, 2.75) is 18.4 Å². The van der Waals surface area contributed by atoms with Gasteiger partial charge >= 0.3 is 0 Å². The molecule has 10 heteroatoms. The van der Waals surface area contributed by atoms with Crippen LogP contribution in [0.25, 0.3) is 0 Å². The third-order valence-corrected chi connectivity index (χ3v) is 6.79. The Morgan fingerprint density at radius 2 is 1.43 bits per heavy atom. The number of nitrogens with one attached hydrogen (secondary N) is 2. The molecular formula is C25H27N3O6S. The van der Waals surface area contributed by atoms with Crippen LogP contribution in [-0.4, -0.2) is 45.3 Å². The van der Waals surface area contributed by atoms with E-state index in [1.807, 2.05) is 6.07 Å². The monoisotopic (exact) mass is 497 g/mol. The second-order valence-corrected chi connectivity index (χ2v) is 9.52. The maximum absolute atomic E-state index is 13.5. The van der Waals surface area contributed by atoms with Crippen molar-refractivity contribution in [1.29, 1.82) is 0 Å². The Labute approximate surface area is 204 Å². The standard InChI is InChI=1S/C25H27N3O6S/c1-18(29)26-20-9-11-21(12-10-20)27-25(30)17-28(16-19-7-5-4-6-8-19)35(31,32)22-13-14-23(33-2)24(15-22)34-3/h4-15H,16-17H2,1-3H3,(H,26,29)(H,27,30). The predicted octanol–water partition coefficient (Wildman–Crippen LogP) is 3.49. The number of ether oxygens (including phenoxy) is 2. The first-order chi connectivity index (χ1) is 16.7. The minimum Gasteiger partial charge on any atom is -0.493 e. The lowest BCUT2D eigenvalue weighted by atomic mass is 10.2. The Bertz CT molecular complexity index is 1280. The van der Waals surface area contributed by atoms with E-state index in [9.17, 15) is 18.0 Å². The molecule has 0 aromatic heterocycles. The molecule has 0 aliphatic carbocycles. The summed E-state index contributed by atoms with van der Waals surface area (Å²) in [7, 11) is -1.20. The molecule has 0 saturated heterocycles. The van der Waals surface area contributed by atoms with Crippen molar-refractivity contribution in [3.05, 3.63) is 78.4 Å². The van der Waals surface area contributed by atoms with E-state index < -0.39 is 22.5 Å². The van der Waals surface area contributed by atoms with E-state index in [-0.39, 0.29) is 23.1 Å². The SMILES string of the molecule is COc1ccc(S(=O)(=O)N(CC(=O)Nc2ccc(NC(C)=O)cc2)Cc2ccccc2)cc1OC. The van der Waals surface area contributed by atoms with Crippen LogP contribution in [-0.2, 0) is 26.2 Å². The Morgan fingerprint density at radius 3 is 2.00 bits per heavy atom. The van der Waals surface area contributed by atoms with Crippen LogP contribution in [0.5, 0.6) is 11.5 Å². The summed E-state index contributed by atoms with van der Waals surface area (Å²) in [4.78, 5) is 24.0. The minimum atomic E-state index is -4.07. The zero-order valence-corrected chi connectivity index (χ0v) is 20.5. The number of carbonyl (C=O) groups is 2. The van der Waals surface area contributed by atoms with Crippen molar-refractivity contribution in [1.82, 2.24) is 4.31 Å². The van der Waals surface area contributed by atoms with Gasteiger partial charge in [-0.25, -0.2) is 8.42 Å². The van der Waals surface area contributed by atoms with Gasteiger partial charge in [-0.1, -0.05) is 30.3 Å². The molecule has 0 aliphatic rings. The van der Waals surface area contributed by atoms with Crippen molar-refractivity contribution in [3.8, 4) is 11.5 Å². The number of anilines is 2. The van der Waals surface area contributed by atoms with Gasteiger partial charge in [0.15, 0.2) is 11.5 Å².